The van der Waals surface area contributed by atoms with Gasteiger partial charge >= 0.3 is 0 Å². The Morgan fingerprint density at radius 3 is 2.83 bits per heavy atom. The van der Waals surface area contributed by atoms with E-state index in [4.69, 9.17) is 11.6 Å². The van der Waals surface area contributed by atoms with Crippen LogP contribution < -0.4 is 0 Å². The van der Waals surface area contributed by atoms with Gasteiger partial charge in [-0.3, -0.25) is 0 Å². The van der Waals surface area contributed by atoms with E-state index in [1.165, 1.54) is 0 Å². The molecule has 1 aromatic carbocycles. The highest BCUT2D eigenvalue weighted by Crippen LogP contribution is 2.33. The number of rotatable bonds is 0. The standard InChI is InChI=1S/C7H2Br2ClNS/c8-3-1-4(10)6-5(2-3)12-7(9)11-6/h1-2H. The van der Waals surface area contributed by atoms with Crippen molar-refractivity contribution >= 4 is 65.0 Å². The predicted octanol–water partition coefficient (Wildman–Crippen LogP) is 4.47. The van der Waals surface area contributed by atoms with Gasteiger partial charge in [0.05, 0.1) is 9.72 Å². The van der Waals surface area contributed by atoms with E-state index in [0.29, 0.717) is 5.02 Å². The summed E-state index contributed by atoms with van der Waals surface area (Å²) in [6.07, 6.45) is 0. The van der Waals surface area contributed by atoms with Crippen LogP contribution in [0.4, 0.5) is 0 Å². The van der Waals surface area contributed by atoms with Crippen molar-refractivity contribution in [1.82, 2.24) is 4.98 Å². The first kappa shape index (κ1) is 8.94. The van der Waals surface area contributed by atoms with Crippen LogP contribution in [0.25, 0.3) is 10.2 Å². The topological polar surface area (TPSA) is 12.9 Å². The molecule has 0 aliphatic carbocycles. The number of aromatic nitrogens is 1. The zero-order valence-corrected chi connectivity index (χ0v) is 10.4. The molecule has 1 heterocycles. The van der Waals surface area contributed by atoms with Crippen molar-refractivity contribution in [2.45, 2.75) is 0 Å². The minimum absolute atomic E-state index is 0.682. The maximum atomic E-state index is 5.97. The summed E-state index contributed by atoms with van der Waals surface area (Å²) in [5.74, 6) is 0. The average molecular weight is 327 g/mol. The van der Waals surface area contributed by atoms with Gasteiger partial charge in [0.1, 0.15) is 5.52 Å². The summed E-state index contributed by atoms with van der Waals surface area (Å²) in [5, 5.41) is 0.682. The monoisotopic (exact) mass is 325 g/mol. The first-order valence-corrected chi connectivity index (χ1v) is 5.86. The van der Waals surface area contributed by atoms with Gasteiger partial charge < -0.3 is 0 Å². The SMILES string of the molecule is Clc1cc(Br)cc2sc(Br)nc12. The van der Waals surface area contributed by atoms with Crippen molar-refractivity contribution in [3.05, 3.63) is 25.5 Å². The van der Waals surface area contributed by atoms with E-state index in [1.54, 1.807) is 11.3 Å². The number of fused-ring (bicyclic) bond motifs is 1. The number of nitrogens with zero attached hydrogens (tertiary/aromatic N) is 1. The second-order valence-corrected chi connectivity index (χ2v) is 5.83. The van der Waals surface area contributed by atoms with Crippen LogP contribution in [0.1, 0.15) is 0 Å². The Kier molecular flexibility index (Phi) is 2.42. The Morgan fingerprint density at radius 1 is 1.33 bits per heavy atom. The lowest BCUT2D eigenvalue weighted by molar-refractivity contribution is 1.45. The van der Waals surface area contributed by atoms with Crippen molar-refractivity contribution in [2.75, 3.05) is 0 Å². The summed E-state index contributed by atoms with van der Waals surface area (Å²) in [6.45, 7) is 0. The van der Waals surface area contributed by atoms with E-state index >= 15 is 0 Å². The molecule has 0 fully saturated rings. The Bertz CT molecular complexity index is 440. The number of halogens is 3. The quantitative estimate of drug-likeness (QED) is 0.695. The molecule has 0 aliphatic heterocycles. The normalized spacial score (nSPS) is 10.9. The lowest BCUT2D eigenvalue weighted by atomic mass is 10.3. The Morgan fingerprint density at radius 2 is 2.08 bits per heavy atom. The third-order valence-corrected chi connectivity index (χ3v) is 3.59. The molecule has 0 bridgehead atoms. The third kappa shape index (κ3) is 1.53. The van der Waals surface area contributed by atoms with Crippen LogP contribution in [-0.2, 0) is 0 Å². The second-order valence-electron chi connectivity index (χ2n) is 2.20. The smallest absolute Gasteiger partial charge is 0.160 e. The first-order chi connectivity index (χ1) is 5.66. The Hall–Kier alpha value is 0.360. The molecule has 2 aromatic rings. The molecule has 2 rings (SSSR count). The van der Waals surface area contributed by atoms with Crippen LogP contribution in [-0.4, -0.2) is 4.98 Å². The van der Waals surface area contributed by atoms with E-state index < -0.39 is 0 Å². The summed E-state index contributed by atoms with van der Waals surface area (Å²) < 4.78 is 2.93. The van der Waals surface area contributed by atoms with E-state index in [9.17, 15) is 0 Å². The van der Waals surface area contributed by atoms with E-state index in [2.05, 4.69) is 36.8 Å². The lowest BCUT2D eigenvalue weighted by Gasteiger charge is -1.92. The molecule has 0 aliphatic rings. The van der Waals surface area contributed by atoms with E-state index in [1.807, 2.05) is 12.1 Å². The number of hydrogen-bond acceptors (Lipinski definition) is 2. The molecule has 5 heteroatoms. The summed E-state index contributed by atoms with van der Waals surface area (Å²) in [4.78, 5) is 4.24. The zero-order chi connectivity index (χ0) is 8.72. The fourth-order valence-electron chi connectivity index (χ4n) is 0.930. The maximum Gasteiger partial charge on any atom is 0.160 e. The van der Waals surface area contributed by atoms with Crippen molar-refractivity contribution in [3.63, 3.8) is 0 Å². The van der Waals surface area contributed by atoms with Crippen LogP contribution in [0, 0.1) is 0 Å². The summed E-state index contributed by atoms with van der Waals surface area (Å²) in [7, 11) is 0. The molecule has 0 unspecified atom stereocenters. The van der Waals surface area contributed by atoms with Gasteiger partial charge in [0.2, 0.25) is 0 Å². The summed E-state index contributed by atoms with van der Waals surface area (Å²) in [5.41, 5.74) is 0.858. The van der Waals surface area contributed by atoms with Crippen molar-refractivity contribution in [2.24, 2.45) is 0 Å². The minimum atomic E-state index is 0.682. The van der Waals surface area contributed by atoms with Gasteiger partial charge in [-0.25, -0.2) is 4.98 Å². The maximum absolute atomic E-state index is 5.97. The fourth-order valence-corrected chi connectivity index (χ4v) is 3.45. The first-order valence-electron chi connectivity index (χ1n) is 3.08. The fraction of sp³-hybridized carbons (Fsp3) is 0. The molecule has 62 valence electrons. The zero-order valence-electron chi connectivity index (χ0n) is 5.64. The molecule has 0 saturated carbocycles. The summed E-state index contributed by atoms with van der Waals surface area (Å²) >= 11 is 14.2. The molecular weight excluding hydrogens is 325 g/mol. The molecule has 0 radical (unpaired) electrons. The molecule has 0 atom stereocenters. The van der Waals surface area contributed by atoms with Crippen molar-refractivity contribution in [1.29, 1.82) is 0 Å². The highest BCUT2D eigenvalue weighted by molar-refractivity contribution is 9.11. The lowest BCUT2D eigenvalue weighted by Crippen LogP contribution is -1.70. The number of thiazole rings is 1. The van der Waals surface area contributed by atoms with Gasteiger partial charge in [0, 0.05) is 4.47 Å². The highest BCUT2D eigenvalue weighted by Gasteiger charge is 2.06. The molecule has 0 spiro atoms. The summed E-state index contributed by atoms with van der Waals surface area (Å²) in [6, 6.07) is 3.85. The number of hydrogen-bond donors (Lipinski definition) is 0. The molecule has 0 amide bonds. The van der Waals surface area contributed by atoms with Gasteiger partial charge in [0.25, 0.3) is 0 Å². The molecule has 12 heavy (non-hydrogen) atoms. The average Bonchev–Trinajstić information content (AvgIpc) is 2.29. The van der Waals surface area contributed by atoms with E-state index in [0.717, 1.165) is 18.6 Å². The molecule has 1 aromatic heterocycles. The van der Waals surface area contributed by atoms with Gasteiger partial charge in [-0.2, -0.15) is 0 Å². The van der Waals surface area contributed by atoms with Crippen molar-refractivity contribution in [3.8, 4) is 0 Å². The Labute approximate surface area is 95.0 Å². The Balaban J connectivity index is 2.88. The van der Waals surface area contributed by atoms with Crippen LogP contribution in [0.5, 0.6) is 0 Å². The third-order valence-electron chi connectivity index (χ3n) is 1.39. The van der Waals surface area contributed by atoms with Crippen LogP contribution in [0.2, 0.25) is 5.02 Å². The largest absolute Gasteiger partial charge is 0.227 e. The van der Waals surface area contributed by atoms with Crippen LogP contribution in [0.3, 0.4) is 0 Å². The molecular formula is C7H2Br2ClNS. The van der Waals surface area contributed by atoms with Gasteiger partial charge in [-0.05, 0) is 28.1 Å². The predicted molar refractivity (Wildman–Crippen MR) is 60.0 cm³/mol. The van der Waals surface area contributed by atoms with Crippen LogP contribution >= 0.6 is 54.8 Å². The molecule has 0 N–H and O–H groups in total. The minimum Gasteiger partial charge on any atom is -0.227 e. The van der Waals surface area contributed by atoms with Gasteiger partial charge in [-0.1, -0.05) is 27.5 Å². The van der Waals surface area contributed by atoms with E-state index in [-0.39, 0.29) is 0 Å². The highest BCUT2D eigenvalue weighted by atomic mass is 79.9. The molecule has 0 saturated heterocycles. The van der Waals surface area contributed by atoms with Crippen LogP contribution in [0.15, 0.2) is 20.5 Å². The van der Waals surface area contributed by atoms with Gasteiger partial charge in [0.15, 0.2) is 3.92 Å². The molecule has 1 nitrogen and oxygen atoms in total. The van der Waals surface area contributed by atoms with Crippen molar-refractivity contribution < 1.29 is 0 Å². The number of benzene rings is 1. The second kappa shape index (κ2) is 3.25. The van der Waals surface area contributed by atoms with Gasteiger partial charge in [-0.15, -0.1) is 11.3 Å².